The maximum Gasteiger partial charge on any atom is 0.131 e. The Labute approximate surface area is 119 Å². The molecular weight excluding hydrogens is 244 g/mol. The van der Waals surface area contributed by atoms with Crippen molar-refractivity contribution in [3.05, 3.63) is 72.3 Å². The lowest BCUT2D eigenvalue weighted by atomic mass is 10.00. The minimum Gasteiger partial charge on any atom is -0.457 e. The summed E-state index contributed by atoms with van der Waals surface area (Å²) in [4.78, 5) is 0. The van der Waals surface area contributed by atoms with E-state index in [9.17, 15) is 0 Å². The van der Waals surface area contributed by atoms with Gasteiger partial charge in [-0.05, 0) is 35.4 Å². The number of benzene rings is 3. The van der Waals surface area contributed by atoms with Crippen molar-refractivity contribution in [3.63, 3.8) is 0 Å². The zero-order valence-electron chi connectivity index (χ0n) is 11.7. The average molecular weight is 262 g/mol. The molecule has 0 heterocycles. The molecule has 1 nitrogen and oxygen atoms in total. The van der Waals surface area contributed by atoms with Gasteiger partial charge in [0.2, 0.25) is 0 Å². The van der Waals surface area contributed by atoms with E-state index in [2.05, 4.69) is 43.3 Å². The predicted octanol–water partition coefficient (Wildman–Crippen LogP) is 5.58. The fourth-order valence-corrected chi connectivity index (χ4v) is 2.53. The molecular formula is C19H18O. The van der Waals surface area contributed by atoms with Gasteiger partial charge in [-0.3, -0.25) is 0 Å². The van der Waals surface area contributed by atoms with Crippen LogP contribution >= 0.6 is 0 Å². The lowest BCUT2D eigenvalue weighted by molar-refractivity contribution is 0.477. The highest BCUT2D eigenvalue weighted by atomic mass is 16.5. The van der Waals surface area contributed by atoms with E-state index >= 15 is 0 Å². The van der Waals surface area contributed by atoms with Gasteiger partial charge in [0, 0.05) is 5.56 Å². The lowest BCUT2D eigenvalue weighted by Gasteiger charge is -2.13. The third kappa shape index (κ3) is 2.53. The summed E-state index contributed by atoms with van der Waals surface area (Å²) in [6, 6.07) is 22.7. The number of aryl methyl sites for hydroxylation is 1. The van der Waals surface area contributed by atoms with Crippen molar-refractivity contribution in [2.45, 2.75) is 19.8 Å². The zero-order valence-corrected chi connectivity index (χ0v) is 11.7. The molecule has 1 heteroatoms. The first-order valence-corrected chi connectivity index (χ1v) is 7.12. The van der Waals surface area contributed by atoms with E-state index in [4.69, 9.17) is 4.74 Å². The SMILES string of the molecule is CCCc1c(Oc2ccccc2)ccc2ccccc12. The number of hydrogen-bond acceptors (Lipinski definition) is 1. The second-order valence-electron chi connectivity index (χ2n) is 4.93. The summed E-state index contributed by atoms with van der Waals surface area (Å²) in [6.45, 7) is 2.20. The average Bonchev–Trinajstić information content (AvgIpc) is 2.51. The Hall–Kier alpha value is -2.28. The van der Waals surface area contributed by atoms with E-state index < -0.39 is 0 Å². The monoisotopic (exact) mass is 262 g/mol. The molecule has 0 saturated carbocycles. The van der Waals surface area contributed by atoms with Gasteiger partial charge in [0.25, 0.3) is 0 Å². The minimum atomic E-state index is 0.889. The number of rotatable bonds is 4. The molecule has 0 amide bonds. The quantitative estimate of drug-likeness (QED) is 0.596. The van der Waals surface area contributed by atoms with Gasteiger partial charge in [0.1, 0.15) is 11.5 Å². The van der Waals surface area contributed by atoms with Gasteiger partial charge < -0.3 is 4.74 Å². The molecule has 0 radical (unpaired) electrons. The maximum absolute atomic E-state index is 6.07. The first-order chi connectivity index (χ1) is 9.88. The smallest absolute Gasteiger partial charge is 0.131 e. The Morgan fingerprint density at radius 3 is 2.35 bits per heavy atom. The van der Waals surface area contributed by atoms with Crippen molar-refractivity contribution >= 4 is 10.8 Å². The highest BCUT2D eigenvalue weighted by Crippen LogP contribution is 2.32. The van der Waals surface area contributed by atoms with Crippen LogP contribution in [0.1, 0.15) is 18.9 Å². The third-order valence-corrected chi connectivity index (χ3v) is 3.47. The number of ether oxygens (including phenoxy) is 1. The number of fused-ring (bicyclic) bond motifs is 1. The molecule has 0 spiro atoms. The Morgan fingerprint density at radius 1 is 0.800 bits per heavy atom. The van der Waals surface area contributed by atoms with Crippen molar-refractivity contribution in [2.75, 3.05) is 0 Å². The van der Waals surface area contributed by atoms with Gasteiger partial charge in [0.15, 0.2) is 0 Å². The van der Waals surface area contributed by atoms with Crippen molar-refractivity contribution in [1.82, 2.24) is 0 Å². The largest absolute Gasteiger partial charge is 0.457 e. The molecule has 0 aromatic heterocycles. The van der Waals surface area contributed by atoms with Gasteiger partial charge in [-0.15, -0.1) is 0 Å². The van der Waals surface area contributed by atoms with E-state index in [0.717, 1.165) is 24.3 Å². The van der Waals surface area contributed by atoms with E-state index in [-0.39, 0.29) is 0 Å². The molecule has 0 fully saturated rings. The van der Waals surface area contributed by atoms with Crippen molar-refractivity contribution < 1.29 is 4.74 Å². The fourth-order valence-electron chi connectivity index (χ4n) is 2.53. The zero-order chi connectivity index (χ0) is 13.8. The summed E-state index contributed by atoms with van der Waals surface area (Å²) in [7, 11) is 0. The summed E-state index contributed by atoms with van der Waals surface area (Å²) < 4.78 is 6.07. The van der Waals surface area contributed by atoms with Crippen LogP contribution < -0.4 is 4.74 Å². The highest BCUT2D eigenvalue weighted by Gasteiger charge is 2.08. The first-order valence-electron chi connectivity index (χ1n) is 7.12. The van der Waals surface area contributed by atoms with Crippen LogP contribution in [-0.4, -0.2) is 0 Å². The Bertz CT molecular complexity index is 701. The van der Waals surface area contributed by atoms with Crippen molar-refractivity contribution in [3.8, 4) is 11.5 Å². The highest BCUT2D eigenvalue weighted by molar-refractivity contribution is 5.87. The van der Waals surface area contributed by atoms with Gasteiger partial charge in [-0.2, -0.15) is 0 Å². The summed E-state index contributed by atoms with van der Waals surface area (Å²) in [5.74, 6) is 1.86. The molecule has 0 unspecified atom stereocenters. The second kappa shape index (κ2) is 5.79. The summed E-state index contributed by atoms with van der Waals surface area (Å²) in [6.07, 6.45) is 2.14. The molecule has 0 N–H and O–H groups in total. The number of hydrogen-bond donors (Lipinski definition) is 0. The maximum atomic E-state index is 6.07. The normalized spacial score (nSPS) is 10.7. The van der Waals surface area contributed by atoms with E-state index in [1.807, 2.05) is 30.3 Å². The summed E-state index contributed by atoms with van der Waals surface area (Å²) in [5.41, 5.74) is 1.30. The molecule has 20 heavy (non-hydrogen) atoms. The standard InChI is InChI=1S/C19H18O/c1-2-8-18-17-12-7-6-9-15(17)13-14-19(18)20-16-10-4-3-5-11-16/h3-7,9-14H,2,8H2,1H3. The van der Waals surface area contributed by atoms with Crippen molar-refractivity contribution in [2.24, 2.45) is 0 Å². The summed E-state index contributed by atoms with van der Waals surface area (Å²) >= 11 is 0. The molecule has 3 aromatic rings. The molecule has 0 aliphatic carbocycles. The molecule has 0 bridgehead atoms. The molecule has 3 aromatic carbocycles. The van der Waals surface area contributed by atoms with Crippen LogP contribution in [0, 0.1) is 0 Å². The first kappa shape index (κ1) is 12.7. The topological polar surface area (TPSA) is 9.23 Å². The molecule has 0 saturated heterocycles. The van der Waals surface area contributed by atoms with Crippen LogP contribution in [0.2, 0.25) is 0 Å². The van der Waals surface area contributed by atoms with E-state index in [1.54, 1.807) is 0 Å². The van der Waals surface area contributed by atoms with Crippen molar-refractivity contribution in [1.29, 1.82) is 0 Å². The minimum absolute atomic E-state index is 0.889. The Balaban J connectivity index is 2.08. The van der Waals surface area contributed by atoms with E-state index in [1.165, 1.54) is 16.3 Å². The Morgan fingerprint density at radius 2 is 1.55 bits per heavy atom. The molecule has 3 rings (SSSR count). The van der Waals surface area contributed by atoms with Crippen LogP contribution in [-0.2, 0) is 6.42 Å². The van der Waals surface area contributed by atoms with E-state index in [0.29, 0.717) is 0 Å². The molecule has 0 aliphatic heterocycles. The Kier molecular flexibility index (Phi) is 3.69. The molecule has 0 aliphatic rings. The fraction of sp³-hybridized carbons (Fsp3) is 0.158. The third-order valence-electron chi connectivity index (χ3n) is 3.47. The van der Waals surface area contributed by atoms with Crippen LogP contribution in [0.3, 0.4) is 0 Å². The second-order valence-corrected chi connectivity index (χ2v) is 4.93. The predicted molar refractivity (Wildman–Crippen MR) is 84.5 cm³/mol. The molecule has 0 atom stereocenters. The van der Waals surface area contributed by atoms with Crippen LogP contribution in [0.5, 0.6) is 11.5 Å². The number of para-hydroxylation sites is 1. The van der Waals surface area contributed by atoms with Gasteiger partial charge in [-0.25, -0.2) is 0 Å². The van der Waals surface area contributed by atoms with Gasteiger partial charge in [0.05, 0.1) is 0 Å². The van der Waals surface area contributed by atoms with Gasteiger partial charge in [-0.1, -0.05) is 61.9 Å². The van der Waals surface area contributed by atoms with Crippen LogP contribution in [0.15, 0.2) is 66.7 Å². The van der Waals surface area contributed by atoms with Gasteiger partial charge >= 0.3 is 0 Å². The summed E-state index contributed by atoms with van der Waals surface area (Å²) in [5, 5.41) is 2.57. The lowest BCUT2D eigenvalue weighted by Crippen LogP contribution is -1.93. The van der Waals surface area contributed by atoms with Crippen LogP contribution in [0.25, 0.3) is 10.8 Å². The van der Waals surface area contributed by atoms with Crippen LogP contribution in [0.4, 0.5) is 0 Å². The molecule has 100 valence electrons.